The number of rotatable bonds is 2. The van der Waals surface area contributed by atoms with Crippen LogP contribution in [0.2, 0.25) is 0 Å². The topological polar surface area (TPSA) is 66.5 Å². The number of nitrogens with one attached hydrogen (secondary N) is 2. The van der Waals surface area contributed by atoms with Crippen molar-refractivity contribution in [2.75, 3.05) is 13.1 Å². The lowest BCUT2D eigenvalue weighted by atomic mass is 9.97. The van der Waals surface area contributed by atoms with Gasteiger partial charge >= 0.3 is 0 Å². The standard InChI is InChI=1S/C11H13N5/c1-3-9(11-13-15-16-14-11)4-2-8(1)10-5-6-12-7-10/h1-4,10,12H,5-7H2,(H,13,14,15,16). The molecule has 0 amide bonds. The van der Waals surface area contributed by atoms with Crippen LogP contribution in [0.3, 0.4) is 0 Å². The molecule has 0 spiro atoms. The molecule has 1 aromatic heterocycles. The van der Waals surface area contributed by atoms with Gasteiger partial charge in [-0.3, -0.25) is 0 Å². The maximum Gasteiger partial charge on any atom is 0.204 e. The number of benzene rings is 1. The summed E-state index contributed by atoms with van der Waals surface area (Å²) >= 11 is 0. The average Bonchev–Trinajstić information content (AvgIpc) is 3.03. The van der Waals surface area contributed by atoms with Crippen molar-refractivity contribution in [1.29, 1.82) is 0 Å². The zero-order valence-electron chi connectivity index (χ0n) is 8.85. The minimum Gasteiger partial charge on any atom is -0.316 e. The number of hydrogen-bond acceptors (Lipinski definition) is 4. The van der Waals surface area contributed by atoms with Crippen LogP contribution in [0.25, 0.3) is 11.4 Å². The number of hydrogen-bond donors (Lipinski definition) is 2. The molecule has 0 radical (unpaired) electrons. The van der Waals surface area contributed by atoms with E-state index in [0.29, 0.717) is 11.7 Å². The van der Waals surface area contributed by atoms with E-state index in [-0.39, 0.29) is 0 Å². The zero-order chi connectivity index (χ0) is 10.8. The number of aromatic amines is 1. The van der Waals surface area contributed by atoms with Crippen molar-refractivity contribution < 1.29 is 0 Å². The molecule has 5 heteroatoms. The van der Waals surface area contributed by atoms with Gasteiger partial charge in [-0.15, -0.1) is 10.2 Å². The van der Waals surface area contributed by atoms with E-state index in [1.54, 1.807) is 0 Å². The fourth-order valence-corrected chi connectivity index (χ4v) is 2.13. The van der Waals surface area contributed by atoms with E-state index in [2.05, 4.69) is 50.2 Å². The lowest BCUT2D eigenvalue weighted by Crippen LogP contribution is -2.07. The van der Waals surface area contributed by atoms with Crippen LogP contribution in [-0.4, -0.2) is 33.7 Å². The Kier molecular flexibility index (Phi) is 2.38. The SMILES string of the molecule is c1cc(C2CCNC2)ccc1-c1nn[nH]n1. The monoisotopic (exact) mass is 215 g/mol. The maximum atomic E-state index is 3.95. The van der Waals surface area contributed by atoms with E-state index in [9.17, 15) is 0 Å². The summed E-state index contributed by atoms with van der Waals surface area (Å²) in [4.78, 5) is 0. The second kappa shape index (κ2) is 4.02. The molecule has 82 valence electrons. The van der Waals surface area contributed by atoms with Crippen molar-refractivity contribution in [3.8, 4) is 11.4 Å². The van der Waals surface area contributed by atoms with E-state index in [4.69, 9.17) is 0 Å². The zero-order valence-corrected chi connectivity index (χ0v) is 8.85. The fourth-order valence-electron chi connectivity index (χ4n) is 2.13. The predicted molar refractivity (Wildman–Crippen MR) is 59.8 cm³/mol. The molecule has 0 aliphatic carbocycles. The molecule has 1 atom stereocenters. The van der Waals surface area contributed by atoms with Crippen molar-refractivity contribution in [2.24, 2.45) is 0 Å². The molecule has 1 aromatic carbocycles. The summed E-state index contributed by atoms with van der Waals surface area (Å²) in [7, 11) is 0. The summed E-state index contributed by atoms with van der Waals surface area (Å²) in [5.41, 5.74) is 2.39. The first-order chi connectivity index (χ1) is 7.93. The van der Waals surface area contributed by atoms with E-state index in [1.165, 1.54) is 12.0 Å². The van der Waals surface area contributed by atoms with E-state index in [1.807, 2.05) is 0 Å². The van der Waals surface area contributed by atoms with Crippen LogP contribution >= 0.6 is 0 Å². The van der Waals surface area contributed by atoms with Crippen molar-refractivity contribution in [3.63, 3.8) is 0 Å². The highest BCUT2D eigenvalue weighted by Gasteiger charge is 2.16. The van der Waals surface area contributed by atoms with Gasteiger partial charge in [0.15, 0.2) is 0 Å². The average molecular weight is 215 g/mol. The third-order valence-corrected chi connectivity index (χ3v) is 3.05. The molecule has 0 saturated carbocycles. The van der Waals surface area contributed by atoms with Crippen LogP contribution in [0.15, 0.2) is 24.3 Å². The molecule has 16 heavy (non-hydrogen) atoms. The number of tetrazole rings is 1. The van der Waals surface area contributed by atoms with Gasteiger partial charge in [-0.05, 0) is 29.7 Å². The summed E-state index contributed by atoms with van der Waals surface area (Å²) in [5.74, 6) is 1.30. The van der Waals surface area contributed by atoms with Crippen molar-refractivity contribution in [1.82, 2.24) is 25.9 Å². The van der Waals surface area contributed by atoms with Crippen LogP contribution in [0, 0.1) is 0 Å². The lowest BCUT2D eigenvalue weighted by Gasteiger charge is -2.08. The molecular formula is C11H13N5. The Morgan fingerprint density at radius 2 is 2.06 bits per heavy atom. The summed E-state index contributed by atoms with van der Waals surface area (Å²) in [5, 5.41) is 17.3. The summed E-state index contributed by atoms with van der Waals surface area (Å²) in [6.45, 7) is 2.21. The van der Waals surface area contributed by atoms with Gasteiger partial charge in [0.25, 0.3) is 0 Å². The normalized spacial score (nSPS) is 20.1. The highest BCUT2D eigenvalue weighted by molar-refractivity contribution is 5.54. The van der Waals surface area contributed by atoms with Crippen molar-refractivity contribution in [3.05, 3.63) is 29.8 Å². The first-order valence-electron chi connectivity index (χ1n) is 5.48. The molecule has 1 unspecified atom stereocenters. The van der Waals surface area contributed by atoms with Crippen LogP contribution < -0.4 is 5.32 Å². The fraction of sp³-hybridized carbons (Fsp3) is 0.364. The molecule has 1 aliphatic rings. The molecule has 2 N–H and O–H groups in total. The van der Waals surface area contributed by atoms with Crippen LogP contribution in [0.4, 0.5) is 0 Å². The summed E-state index contributed by atoms with van der Waals surface area (Å²) in [6.07, 6.45) is 1.22. The summed E-state index contributed by atoms with van der Waals surface area (Å²) < 4.78 is 0. The summed E-state index contributed by atoms with van der Waals surface area (Å²) in [6, 6.07) is 8.42. The molecule has 1 saturated heterocycles. The Morgan fingerprint density at radius 1 is 1.19 bits per heavy atom. The Bertz CT molecular complexity index is 442. The first kappa shape index (κ1) is 9.47. The molecule has 1 fully saturated rings. The molecule has 2 heterocycles. The van der Waals surface area contributed by atoms with Crippen LogP contribution in [0.1, 0.15) is 17.9 Å². The van der Waals surface area contributed by atoms with Crippen molar-refractivity contribution in [2.45, 2.75) is 12.3 Å². The van der Waals surface area contributed by atoms with Crippen LogP contribution in [-0.2, 0) is 0 Å². The third-order valence-electron chi connectivity index (χ3n) is 3.05. The van der Waals surface area contributed by atoms with Crippen molar-refractivity contribution >= 4 is 0 Å². The quantitative estimate of drug-likeness (QED) is 0.782. The van der Waals surface area contributed by atoms with Gasteiger partial charge < -0.3 is 5.32 Å². The Hall–Kier alpha value is -1.75. The number of aromatic nitrogens is 4. The third kappa shape index (κ3) is 1.69. The van der Waals surface area contributed by atoms with Gasteiger partial charge in [0.05, 0.1) is 0 Å². The maximum absolute atomic E-state index is 3.95. The van der Waals surface area contributed by atoms with E-state index < -0.39 is 0 Å². The van der Waals surface area contributed by atoms with E-state index >= 15 is 0 Å². The second-order valence-electron chi connectivity index (χ2n) is 4.05. The Morgan fingerprint density at radius 3 is 2.69 bits per heavy atom. The first-order valence-corrected chi connectivity index (χ1v) is 5.48. The van der Waals surface area contributed by atoms with Gasteiger partial charge in [0.1, 0.15) is 0 Å². The molecular weight excluding hydrogens is 202 g/mol. The molecule has 5 nitrogen and oxygen atoms in total. The largest absolute Gasteiger partial charge is 0.316 e. The number of nitrogens with zero attached hydrogens (tertiary/aromatic N) is 3. The minimum absolute atomic E-state index is 0.649. The smallest absolute Gasteiger partial charge is 0.204 e. The van der Waals surface area contributed by atoms with Gasteiger partial charge in [0, 0.05) is 12.1 Å². The molecule has 1 aliphatic heterocycles. The van der Waals surface area contributed by atoms with Gasteiger partial charge in [-0.25, -0.2) is 0 Å². The number of H-pyrrole nitrogens is 1. The van der Waals surface area contributed by atoms with Gasteiger partial charge in [-0.2, -0.15) is 5.21 Å². The second-order valence-corrected chi connectivity index (χ2v) is 4.05. The van der Waals surface area contributed by atoms with Gasteiger partial charge in [-0.1, -0.05) is 24.3 Å². The Balaban J connectivity index is 1.84. The van der Waals surface area contributed by atoms with E-state index in [0.717, 1.165) is 18.7 Å². The Labute approximate surface area is 93.3 Å². The van der Waals surface area contributed by atoms with Gasteiger partial charge in [0.2, 0.25) is 5.82 Å². The molecule has 0 bridgehead atoms. The highest BCUT2D eigenvalue weighted by Crippen LogP contribution is 2.24. The highest BCUT2D eigenvalue weighted by atomic mass is 15.5. The predicted octanol–water partition coefficient (Wildman–Crippen LogP) is 0.944. The molecule has 2 aromatic rings. The minimum atomic E-state index is 0.649. The van der Waals surface area contributed by atoms with Crippen LogP contribution in [0.5, 0.6) is 0 Å². The lowest BCUT2D eigenvalue weighted by molar-refractivity contribution is 0.763. The molecule has 3 rings (SSSR count).